The van der Waals surface area contributed by atoms with Gasteiger partial charge in [0.25, 0.3) is 0 Å². The van der Waals surface area contributed by atoms with Crippen LogP contribution in [0.15, 0.2) is 41.7 Å². The highest BCUT2D eigenvalue weighted by Crippen LogP contribution is 2.52. The molecule has 0 heterocycles. The first-order valence-electron chi connectivity index (χ1n) is 8.13. The second-order valence-electron chi connectivity index (χ2n) is 6.47. The van der Waals surface area contributed by atoms with Crippen molar-refractivity contribution in [3.63, 3.8) is 0 Å². The highest BCUT2D eigenvalue weighted by molar-refractivity contribution is 5.99. The van der Waals surface area contributed by atoms with E-state index in [1.165, 1.54) is 32.1 Å². The van der Waals surface area contributed by atoms with Crippen LogP contribution in [0.1, 0.15) is 57.4 Å². The van der Waals surface area contributed by atoms with Gasteiger partial charge in [-0.25, -0.2) is 0 Å². The third kappa shape index (κ3) is 2.90. The number of Topliss-reactive ketones (excluding diaryl/α,β-unsaturated/α-hetero) is 1. The molecule has 1 spiro atoms. The quantitative estimate of drug-likeness (QED) is 0.589. The summed E-state index contributed by atoms with van der Waals surface area (Å²) < 4.78 is 5.97. The SMILES string of the molecule is C/C(OCc1ccccc1)=C1\C(=O)CCC12CCCCC2. The molecule has 1 aromatic rings. The van der Waals surface area contributed by atoms with E-state index in [-0.39, 0.29) is 5.41 Å². The first-order chi connectivity index (χ1) is 10.2. The molecule has 0 amide bonds. The predicted octanol–water partition coefficient (Wildman–Crippen LogP) is 4.79. The van der Waals surface area contributed by atoms with Crippen molar-refractivity contribution in [3.05, 3.63) is 47.2 Å². The minimum Gasteiger partial charge on any atom is -0.493 e. The Labute approximate surface area is 127 Å². The number of rotatable bonds is 3. The topological polar surface area (TPSA) is 26.3 Å². The highest BCUT2D eigenvalue weighted by atomic mass is 16.5. The zero-order valence-corrected chi connectivity index (χ0v) is 12.9. The molecule has 2 fully saturated rings. The van der Waals surface area contributed by atoms with E-state index < -0.39 is 0 Å². The van der Waals surface area contributed by atoms with E-state index in [9.17, 15) is 4.79 Å². The number of hydrogen-bond acceptors (Lipinski definition) is 2. The molecular weight excluding hydrogens is 260 g/mol. The Kier molecular flexibility index (Phi) is 4.14. The van der Waals surface area contributed by atoms with Crippen molar-refractivity contribution in [2.45, 2.75) is 58.5 Å². The second-order valence-corrected chi connectivity index (χ2v) is 6.47. The van der Waals surface area contributed by atoms with Crippen molar-refractivity contribution in [1.29, 1.82) is 0 Å². The van der Waals surface area contributed by atoms with Gasteiger partial charge in [0.15, 0.2) is 5.78 Å². The molecule has 2 heteroatoms. The number of benzene rings is 1. The minimum atomic E-state index is 0.135. The zero-order valence-electron chi connectivity index (χ0n) is 12.9. The van der Waals surface area contributed by atoms with E-state index in [2.05, 4.69) is 12.1 Å². The van der Waals surface area contributed by atoms with Crippen LogP contribution in [-0.4, -0.2) is 5.78 Å². The number of hydrogen-bond donors (Lipinski definition) is 0. The Morgan fingerprint density at radius 2 is 1.81 bits per heavy atom. The van der Waals surface area contributed by atoms with Crippen LogP contribution in [0.5, 0.6) is 0 Å². The zero-order chi connectivity index (χ0) is 14.7. The molecule has 21 heavy (non-hydrogen) atoms. The normalized spacial score (nSPS) is 23.4. The third-order valence-electron chi connectivity index (χ3n) is 5.10. The van der Waals surface area contributed by atoms with Gasteiger partial charge in [-0.05, 0) is 31.7 Å². The monoisotopic (exact) mass is 284 g/mol. The van der Waals surface area contributed by atoms with E-state index in [1.807, 2.05) is 25.1 Å². The molecule has 1 aromatic carbocycles. The lowest BCUT2D eigenvalue weighted by atomic mass is 9.70. The van der Waals surface area contributed by atoms with E-state index in [4.69, 9.17) is 4.74 Å². The standard InChI is InChI=1S/C19H24O2/c1-15(21-14-16-8-4-2-5-9-16)18-17(20)10-13-19(18)11-6-3-7-12-19/h2,4-5,8-9H,3,6-7,10-14H2,1H3/b18-15-. The van der Waals surface area contributed by atoms with Crippen LogP contribution in [0.3, 0.4) is 0 Å². The second kappa shape index (κ2) is 6.05. The molecule has 2 aliphatic rings. The maximum absolute atomic E-state index is 12.4. The first-order valence-corrected chi connectivity index (χ1v) is 8.13. The fraction of sp³-hybridized carbons (Fsp3) is 0.526. The molecule has 0 N–H and O–H groups in total. The predicted molar refractivity (Wildman–Crippen MR) is 83.7 cm³/mol. The Morgan fingerprint density at radius 3 is 2.52 bits per heavy atom. The van der Waals surface area contributed by atoms with Crippen molar-refractivity contribution in [2.75, 3.05) is 0 Å². The van der Waals surface area contributed by atoms with E-state index >= 15 is 0 Å². The summed E-state index contributed by atoms with van der Waals surface area (Å²) in [4.78, 5) is 12.4. The average Bonchev–Trinajstić information content (AvgIpc) is 2.83. The number of ether oxygens (including phenoxy) is 1. The van der Waals surface area contributed by atoms with Gasteiger partial charge in [-0.1, -0.05) is 49.6 Å². The summed E-state index contributed by atoms with van der Waals surface area (Å²) in [6, 6.07) is 10.2. The summed E-state index contributed by atoms with van der Waals surface area (Å²) in [7, 11) is 0. The molecule has 2 aliphatic carbocycles. The van der Waals surface area contributed by atoms with Crippen LogP contribution in [0.25, 0.3) is 0 Å². The summed E-state index contributed by atoms with van der Waals surface area (Å²) in [5, 5.41) is 0. The van der Waals surface area contributed by atoms with Crippen LogP contribution >= 0.6 is 0 Å². The number of allylic oxidation sites excluding steroid dienone is 2. The van der Waals surface area contributed by atoms with Crippen LogP contribution in [0.4, 0.5) is 0 Å². The van der Waals surface area contributed by atoms with Crippen molar-refractivity contribution in [1.82, 2.24) is 0 Å². The smallest absolute Gasteiger partial charge is 0.162 e. The summed E-state index contributed by atoms with van der Waals surface area (Å²) in [5.41, 5.74) is 2.30. The lowest BCUT2D eigenvalue weighted by molar-refractivity contribution is -0.115. The molecule has 0 unspecified atom stereocenters. The highest BCUT2D eigenvalue weighted by Gasteiger charge is 2.45. The molecule has 2 saturated carbocycles. The molecule has 0 saturated heterocycles. The van der Waals surface area contributed by atoms with Crippen molar-refractivity contribution < 1.29 is 9.53 Å². The van der Waals surface area contributed by atoms with Gasteiger partial charge in [-0.2, -0.15) is 0 Å². The van der Waals surface area contributed by atoms with Crippen LogP contribution < -0.4 is 0 Å². The van der Waals surface area contributed by atoms with Gasteiger partial charge in [0.05, 0.1) is 0 Å². The fourth-order valence-electron chi connectivity index (χ4n) is 4.03. The van der Waals surface area contributed by atoms with E-state index in [0.29, 0.717) is 18.8 Å². The first kappa shape index (κ1) is 14.4. The molecule has 0 aliphatic heterocycles. The third-order valence-corrected chi connectivity index (χ3v) is 5.10. The van der Waals surface area contributed by atoms with Crippen molar-refractivity contribution in [3.8, 4) is 0 Å². The van der Waals surface area contributed by atoms with E-state index in [0.717, 1.165) is 23.3 Å². The molecule has 0 bridgehead atoms. The van der Waals surface area contributed by atoms with Gasteiger partial charge >= 0.3 is 0 Å². The Morgan fingerprint density at radius 1 is 1.10 bits per heavy atom. The van der Waals surface area contributed by atoms with Crippen LogP contribution in [0, 0.1) is 5.41 Å². The van der Waals surface area contributed by atoms with Gasteiger partial charge < -0.3 is 4.74 Å². The minimum absolute atomic E-state index is 0.135. The van der Waals surface area contributed by atoms with Crippen LogP contribution in [0.2, 0.25) is 0 Å². The fourth-order valence-corrected chi connectivity index (χ4v) is 4.03. The Hall–Kier alpha value is -1.57. The van der Waals surface area contributed by atoms with Gasteiger partial charge in [0.1, 0.15) is 12.4 Å². The van der Waals surface area contributed by atoms with E-state index in [1.54, 1.807) is 0 Å². The maximum Gasteiger partial charge on any atom is 0.162 e. The molecule has 0 aromatic heterocycles. The Bertz CT molecular complexity index is 536. The van der Waals surface area contributed by atoms with Gasteiger partial charge in [-0.3, -0.25) is 4.79 Å². The maximum atomic E-state index is 12.4. The lowest BCUT2D eigenvalue weighted by Gasteiger charge is -2.34. The molecular formula is C19H24O2. The molecule has 2 nitrogen and oxygen atoms in total. The molecule has 3 rings (SSSR count). The number of carbonyl (C=O) groups is 1. The van der Waals surface area contributed by atoms with Gasteiger partial charge in [-0.15, -0.1) is 0 Å². The summed E-state index contributed by atoms with van der Waals surface area (Å²) in [5.74, 6) is 1.19. The Balaban J connectivity index is 1.79. The molecule has 0 atom stereocenters. The average molecular weight is 284 g/mol. The van der Waals surface area contributed by atoms with Crippen molar-refractivity contribution in [2.24, 2.45) is 5.41 Å². The van der Waals surface area contributed by atoms with Crippen LogP contribution in [-0.2, 0) is 16.1 Å². The summed E-state index contributed by atoms with van der Waals surface area (Å²) in [6.45, 7) is 2.54. The van der Waals surface area contributed by atoms with Gasteiger partial charge in [0, 0.05) is 17.4 Å². The number of carbonyl (C=O) groups excluding carboxylic acids is 1. The number of ketones is 1. The summed E-state index contributed by atoms with van der Waals surface area (Å²) >= 11 is 0. The largest absolute Gasteiger partial charge is 0.493 e. The molecule has 0 radical (unpaired) electrons. The molecule has 112 valence electrons. The van der Waals surface area contributed by atoms with Gasteiger partial charge in [0.2, 0.25) is 0 Å². The van der Waals surface area contributed by atoms with Crippen molar-refractivity contribution >= 4 is 5.78 Å². The lowest BCUT2D eigenvalue weighted by Crippen LogP contribution is -2.25. The summed E-state index contributed by atoms with van der Waals surface area (Å²) in [6.07, 6.45) is 7.90.